The molecule has 1 aromatic rings. The molecule has 1 aliphatic carbocycles. The number of hydrogen-bond donors (Lipinski definition) is 2. The van der Waals surface area contributed by atoms with Gasteiger partial charge in [0.05, 0.1) is 5.60 Å². The fourth-order valence-electron chi connectivity index (χ4n) is 3.99. The predicted molar refractivity (Wildman–Crippen MR) is 94.0 cm³/mol. The lowest BCUT2D eigenvalue weighted by Gasteiger charge is -2.43. The third-order valence-corrected chi connectivity index (χ3v) is 5.44. The zero-order valence-electron chi connectivity index (χ0n) is 14.6. The molecule has 2 amide bonds. The van der Waals surface area contributed by atoms with Gasteiger partial charge in [-0.1, -0.05) is 26.2 Å². The summed E-state index contributed by atoms with van der Waals surface area (Å²) in [5.41, 5.74) is 1.22. The summed E-state index contributed by atoms with van der Waals surface area (Å²) in [4.78, 5) is 16.3. The monoisotopic (exact) mass is 331 g/mol. The van der Waals surface area contributed by atoms with Gasteiger partial charge >= 0.3 is 6.03 Å². The number of nitrogens with one attached hydrogen (secondary N) is 2. The third-order valence-electron chi connectivity index (χ3n) is 5.44. The number of urea groups is 1. The van der Waals surface area contributed by atoms with Gasteiger partial charge in [0, 0.05) is 31.6 Å². The molecule has 0 aromatic carbocycles. The molecule has 3 rings (SSSR count). The zero-order chi connectivity index (χ0) is 16.8. The van der Waals surface area contributed by atoms with Crippen LogP contribution in [0.15, 0.2) is 24.5 Å². The molecule has 1 aliphatic heterocycles. The van der Waals surface area contributed by atoms with Crippen LogP contribution in [0.2, 0.25) is 0 Å². The fourth-order valence-corrected chi connectivity index (χ4v) is 3.99. The molecule has 1 saturated heterocycles. The maximum Gasteiger partial charge on any atom is 0.315 e. The molecule has 132 valence electrons. The number of rotatable bonds is 4. The van der Waals surface area contributed by atoms with E-state index < -0.39 is 0 Å². The van der Waals surface area contributed by atoms with Crippen LogP contribution >= 0.6 is 0 Å². The van der Waals surface area contributed by atoms with Crippen molar-refractivity contribution in [3.05, 3.63) is 30.1 Å². The molecule has 2 fully saturated rings. The van der Waals surface area contributed by atoms with Crippen molar-refractivity contribution in [1.82, 2.24) is 15.6 Å². The Balaban J connectivity index is 1.44. The second-order valence-corrected chi connectivity index (χ2v) is 7.32. The third kappa shape index (κ3) is 4.47. The smallest absolute Gasteiger partial charge is 0.315 e. The highest BCUT2D eigenvalue weighted by atomic mass is 16.5. The van der Waals surface area contributed by atoms with Gasteiger partial charge in [0.25, 0.3) is 0 Å². The molecule has 2 aliphatic rings. The van der Waals surface area contributed by atoms with E-state index in [1.165, 1.54) is 24.8 Å². The highest BCUT2D eigenvalue weighted by Gasteiger charge is 2.38. The topological polar surface area (TPSA) is 63.2 Å². The lowest BCUT2D eigenvalue weighted by atomic mass is 9.78. The largest absolute Gasteiger partial charge is 0.375 e. The molecule has 0 radical (unpaired) electrons. The van der Waals surface area contributed by atoms with Crippen LogP contribution in [0.5, 0.6) is 0 Å². The molecule has 1 aromatic heterocycles. The Morgan fingerprint density at radius 1 is 1.33 bits per heavy atom. The van der Waals surface area contributed by atoms with Crippen LogP contribution in [0.25, 0.3) is 0 Å². The Kier molecular flexibility index (Phi) is 5.72. The average molecular weight is 331 g/mol. The van der Waals surface area contributed by atoms with Crippen molar-refractivity contribution in [3.8, 4) is 0 Å². The summed E-state index contributed by atoms with van der Waals surface area (Å²) in [6.07, 6.45) is 11.6. The maximum atomic E-state index is 12.2. The highest BCUT2D eigenvalue weighted by Crippen LogP contribution is 2.38. The molecule has 1 saturated carbocycles. The van der Waals surface area contributed by atoms with Crippen LogP contribution in [0.3, 0.4) is 0 Å². The van der Waals surface area contributed by atoms with E-state index in [2.05, 4.69) is 22.5 Å². The van der Waals surface area contributed by atoms with E-state index in [1.54, 1.807) is 12.4 Å². The van der Waals surface area contributed by atoms with E-state index in [0.29, 0.717) is 6.54 Å². The molecular weight excluding hydrogens is 302 g/mol. The summed E-state index contributed by atoms with van der Waals surface area (Å²) in [5, 5.41) is 6.16. The van der Waals surface area contributed by atoms with Crippen LogP contribution in [0.1, 0.15) is 63.4 Å². The molecule has 24 heavy (non-hydrogen) atoms. The van der Waals surface area contributed by atoms with Gasteiger partial charge in [0.15, 0.2) is 0 Å². The minimum Gasteiger partial charge on any atom is -0.375 e. The maximum absolute atomic E-state index is 12.2. The number of carbonyl (C=O) groups is 1. The first-order chi connectivity index (χ1) is 11.7. The Morgan fingerprint density at radius 3 is 2.83 bits per heavy atom. The van der Waals surface area contributed by atoms with E-state index >= 15 is 0 Å². The number of carbonyl (C=O) groups excluding carboxylic acids is 1. The number of amides is 2. The number of hydrogen-bond acceptors (Lipinski definition) is 3. The minimum absolute atomic E-state index is 0.0266. The van der Waals surface area contributed by atoms with Crippen molar-refractivity contribution >= 4 is 6.03 Å². The van der Waals surface area contributed by atoms with Gasteiger partial charge in [-0.25, -0.2) is 4.79 Å². The van der Waals surface area contributed by atoms with Crippen LogP contribution in [-0.4, -0.2) is 35.8 Å². The number of pyridine rings is 1. The Hall–Kier alpha value is -1.62. The molecular formula is C19H29N3O2. The van der Waals surface area contributed by atoms with Crippen molar-refractivity contribution in [2.45, 2.75) is 69.4 Å². The molecule has 2 heterocycles. The summed E-state index contributed by atoms with van der Waals surface area (Å²) in [5.74, 6) is 0.276. The fraction of sp³-hybridized carbons (Fsp3) is 0.684. The zero-order valence-corrected chi connectivity index (χ0v) is 14.6. The van der Waals surface area contributed by atoms with Gasteiger partial charge in [-0.05, 0) is 49.3 Å². The average Bonchev–Trinajstić information content (AvgIpc) is 2.61. The van der Waals surface area contributed by atoms with Crippen molar-refractivity contribution in [1.29, 1.82) is 0 Å². The summed E-state index contributed by atoms with van der Waals surface area (Å²) in [7, 11) is 0. The van der Waals surface area contributed by atoms with Crippen molar-refractivity contribution in [2.75, 3.05) is 13.2 Å². The van der Waals surface area contributed by atoms with Crippen molar-refractivity contribution in [2.24, 2.45) is 0 Å². The normalized spacial score (nSPS) is 24.3. The Labute approximate surface area is 144 Å². The van der Waals surface area contributed by atoms with E-state index in [0.717, 1.165) is 32.3 Å². The summed E-state index contributed by atoms with van der Waals surface area (Å²) >= 11 is 0. The Bertz CT molecular complexity index is 523. The quantitative estimate of drug-likeness (QED) is 0.889. The number of ether oxygens (including phenoxy) is 1. The molecule has 1 spiro atoms. The number of nitrogens with zero attached hydrogens (tertiary/aromatic N) is 1. The second-order valence-electron chi connectivity index (χ2n) is 7.32. The first kappa shape index (κ1) is 17.2. The van der Waals surface area contributed by atoms with E-state index in [9.17, 15) is 4.79 Å². The summed E-state index contributed by atoms with van der Waals surface area (Å²) in [6, 6.07) is 4.16. The van der Waals surface area contributed by atoms with Crippen LogP contribution < -0.4 is 10.6 Å². The van der Waals surface area contributed by atoms with Gasteiger partial charge < -0.3 is 15.4 Å². The predicted octanol–water partition coefficient (Wildman–Crippen LogP) is 3.37. The van der Waals surface area contributed by atoms with Gasteiger partial charge in [0.1, 0.15) is 0 Å². The molecule has 5 nitrogen and oxygen atoms in total. The first-order valence-electron chi connectivity index (χ1n) is 9.25. The van der Waals surface area contributed by atoms with E-state index in [4.69, 9.17) is 4.74 Å². The highest BCUT2D eigenvalue weighted by molar-refractivity contribution is 5.74. The SMILES string of the molecule is C[C@H](CNC(=O)N[C@@H]1CCOC2(CCCCC2)C1)c1ccncc1. The lowest BCUT2D eigenvalue weighted by Crippen LogP contribution is -2.51. The lowest BCUT2D eigenvalue weighted by molar-refractivity contribution is -0.107. The molecule has 2 atom stereocenters. The van der Waals surface area contributed by atoms with Crippen LogP contribution in [0.4, 0.5) is 4.79 Å². The summed E-state index contributed by atoms with van der Waals surface area (Å²) < 4.78 is 6.10. The van der Waals surface area contributed by atoms with Gasteiger partial charge in [-0.3, -0.25) is 4.98 Å². The molecule has 2 N–H and O–H groups in total. The minimum atomic E-state index is -0.0613. The van der Waals surface area contributed by atoms with E-state index in [1.807, 2.05) is 12.1 Å². The standard InChI is InChI=1S/C19H29N3O2/c1-15(16-5-10-20-11-6-16)14-21-18(23)22-17-7-12-24-19(13-17)8-3-2-4-9-19/h5-6,10-11,15,17H,2-4,7-9,12-14H2,1H3,(H2,21,22,23)/t15-,17-/m1/s1. The molecule has 5 heteroatoms. The number of aromatic nitrogens is 1. The Morgan fingerprint density at radius 2 is 2.08 bits per heavy atom. The molecule has 0 bridgehead atoms. The van der Waals surface area contributed by atoms with Crippen LogP contribution in [-0.2, 0) is 4.74 Å². The van der Waals surface area contributed by atoms with E-state index in [-0.39, 0.29) is 23.6 Å². The van der Waals surface area contributed by atoms with Crippen LogP contribution in [0, 0.1) is 0 Å². The van der Waals surface area contributed by atoms with Gasteiger partial charge in [-0.2, -0.15) is 0 Å². The second kappa shape index (κ2) is 7.97. The van der Waals surface area contributed by atoms with Gasteiger partial charge in [0.2, 0.25) is 0 Å². The molecule has 0 unspecified atom stereocenters. The van der Waals surface area contributed by atoms with Gasteiger partial charge in [-0.15, -0.1) is 0 Å². The summed E-state index contributed by atoms with van der Waals surface area (Å²) in [6.45, 7) is 3.50. The van der Waals surface area contributed by atoms with Crippen molar-refractivity contribution < 1.29 is 9.53 Å². The first-order valence-corrected chi connectivity index (χ1v) is 9.25. The van der Waals surface area contributed by atoms with Crippen molar-refractivity contribution in [3.63, 3.8) is 0 Å².